The highest BCUT2D eigenvalue weighted by atomic mass is 35.5. The van der Waals surface area contributed by atoms with Crippen LogP contribution in [0.25, 0.3) is 0 Å². The first-order valence-corrected chi connectivity index (χ1v) is 7.42. The number of aryl methyl sites for hydroxylation is 1. The van der Waals surface area contributed by atoms with Gasteiger partial charge in [0.15, 0.2) is 0 Å². The van der Waals surface area contributed by atoms with Crippen LogP contribution in [0.4, 0.5) is 4.39 Å². The van der Waals surface area contributed by atoms with Crippen LogP contribution in [0.1, 0.15) is 56.7 Å². The second-order valence-corrected chi connectivity index (χ2v) is 6.90. The topological polar surface area (TPSA) is 26.0 Å². The number of nitrogens with two attached hydrogens (primary N) is 1. The number of hydrogen-bond acceptors (Lipinski definition) is 1. The summed E-state index contributed by atoms with van der Waals surface area (Å²) >= 11 is 6.19. The summed E-state index contributed by atoms with van der Waals surface area (Å²) in [5.74, 6) is 0.146. The van der Waals surface area contributed by atoms with E-state index in [4.69, 9.17) is 17.3 Å². The summed E-state index contributed by atoms with van der Waals surface area (Å²) in [7, 11) is 0. The first-order chi connectivity index (χ1) is 8.83. The Morgan fingerprint density at radius 1 is 1.37 bits per heavy atom. The fourth-order valence-corrected chi connectivity index (χ4v) is 3.61. The van der Waals surface area contributed by atoms with Crippen LogP contribution in [0.15, 0.2) is 12.1 Å². The van der Waals surface area contributed by atoms with Crippen LogP contribution in [-0.2, 0) is 0 Å². The van der Waals surface area contributed by atoms with Gasteiger partial charge in [-0.1, -0.05) is 44.4 Å². The van der Waals surface area contributed by atoms with Crippen molar-refractivity contribution in [2.45, 2.75) is 52.5 Å². The maximum absolute atomic E-state index is 13.5. The molecule has 106 valence electrons. The molecule has 2 N–H and O–H groups in total. The molecule has 19 heavy (non-hydrogen) atoms. The van der Waals surface area contributed by atoms with Crippen molar-refractivity contribution in [3.63, 3.8) is 0 Å². The molecule has 0 saturated heterocycles. The summed E-state index contributed by atoms with van der Waals surface area (Å²) in [6.45, 7) is 6.32. The van der Waals surface area contributed by atoms with Crippen LogP contribution in [-0.4, -0.2) is 0 Å². The predicted octanol–water partition coefficient (Wildman–Crippen LogP) is 5.00. The standard InChI is InChI=1S/C16H23ClFN/c1-10-8-11(13(17)9-14(10)18)15(19)12-6-4-5-7-16(12,2)3/h8-9,12,15H,4-7,19H2,1-3H3. The predicted molar refractivity (Wildman–Crippen MR) is 78.8 cm³/mol. The monoisotopic (exact) mass is 283 g/mol. The fraction of sp³-hybridized carbons (Fsp3) is 0.625. The number of halogens is 2. The van der Waals surface area contributed by atoms with Gasteiger partial charge >= 0.3 is 0 Å². The lowest BCUT2D eigenvalue weighted by atomic mass is 9.65. The minimum Gasteiger partial charge on any atom is -0.324 e. The van der Waals surface area contributed by atoms with E-state index in [1.807, 2.05) is 6.07 Å². The molecule has 2 unspecified atom stereocenters. The smallest absolute Gasteiger partial charge is 0.127 e. The van der Waals surface area contributed by atoms with Crippen molar-refractivity contribution in [1.82, 2.24) is 0 Å². The summed E-state index contributed by atoms with van der Waals surface area (Å²) < 4.78 is 13.5. The molecule has 0 aliphatic heterocycles. The van der Waals surface area contributed by atoms with Gasteiger partial charge in [0.2, 0.25) is 0 Å². The SMILES string of the molecule is Cc1cc(C(N)C2CCCCC2(C)C)c(Cl)cc1F. The lowest BCUT2D eigenvalue weighted by molar-refractivity contribution is 0.112. The molecule has 0 heterocycles. The van der Waals surface area contributed by atoms with E-state index in [0.29, 0.717) is 16.5 Å². The van der Waals surface area contributed by atoms with Crippen molar-refractivity contribution in [3.8, 4) is 0 Å². The molecular weight excluding hydrogens is 261 g/mol. The Morgan fingerprint density at radius 2 is 2.05 bits per heavy atom. The van der Waals surface area contributed by atoms with E-state index in [1.54, 1.807) is 6.92 Å². The highest BCUT2D eigenvalue weighted by Gasteiger charge is 2.37. The Labute approximate surface area is 120 Å². The molecule has 2 atom stereocenters. The zero-order chi connectivity index (χ0) is 14.2. The van der Waals surface area contributed by atoms with Gasteiger partial charge in [-0.05, 0) is 48.3 Å². The number of benzene rings is 1. The number of hydrogen-bond donors (Lipinski definition) is 1. The Hall–Kier alpha value is -0.600. The third kappa shape index (κ3) is 2.95. The fourth-order valence-electron chi connectivity index (χ4n) is 3.34. The third-order valence-corrected chi connectivity index (χ3v) is 4.99. The molecule has 0 radical (unpaired) electrons. The summed E-state index contributed by atoms with van der Waals surface area (Å²) in [6.07, 6.45) is 4.82. The second-order valence-electron chi connectivity index (χ2n) is 6.49. The second kappa shape index (κ2) is 5.41. The van der Waals surface area contributed by atoms with Gasteiger partial charge in [-0.3, -0.25) is 0 Å². The van der Waals surface area contributed by atoms with Crippen molar-refractivity contribution >= 4 is 11.6 Å². The molecule has 1 aliphatic carbocycles. The first kappa shape index (κ1) is 14.8. The average Bonchev–Trinajstić information content (AvgIpc) is 2.32. The van der Waals surface area contributed by atoms with E-state index >= 15 is 0 Å². The summed E-state index contributed by atoms with van der Waals surface area (Å²) in [5.41, 5.74) is 8.19. The van der Waals surface area contributed by atoms with Crippen LogP contribution < -0.4 is 5.73 Å². The van der Waals surface area contributed by atoms with Crippen LogP contribution in [0.3, 0.4) is 0 Å². The van der Waals surface area contributed by atoms with Gasteiger partial charge in [0.25, 0.3) is 0 Å². The van der Waals surface area contributed by atoms with Crippen molar-refractivity contribution < 1.29 is 4.39 Å². The lowest BCUT2D eigenvalue weighted by Gasteiger charge is -2.42. The largest absolute Gasteiger partial charge is 0.324 e. The Balaban J connectivity index is 2.33. The van der Waals surface area contributed by atoms with Gasteiger partial charge in [0.05, 0.1) is 0 Å². The average molecular weight is 284 g/mol. The van der Waals surface area contributed by atoms with Crippen LogP contribution >= 0.6 is 11.6 Å². The molecule has 0 bridgehead atoms. The van der Waals surface area contributed by atoms with Gasteiger partial charge in [-0.15, -0.1) is 0 Å². The van der Waals surface area contributed by atoms with Crippen molar-refractivity contribution in [3.05, 3.63) is 34.1 Å². The Bertz CT molecular complexity index is 470. The van der Waals surface area contributed by atoms with E-state index < -0.39 is 0 Å². The maximum Gasteiger partial charge on any atom is 0.127 e. The molecule has 1 aromatic rings. The summed E-state index contributed by atoms with van der Waals surface area (Å²) in [6, 6.07) is 3.09. The van der Waals surface area contributed by atoms with Crippen molar-refractivity contribution in [2.75, 3.05) is 0 Å². The molecule has 1 fully saturated rings. The van der Waals surface area contributed by atoms with Crippen molar-refractivity contribution in [2.24, 2.45) is 17.1 Å². The third-order valence-electron chi connectivity index (χ3n) is 4.66. The summed E-state index contributed by atoms with van der Waals surface area (Å²) in [5, 5.41) is 0.456. The van der Waals surface area contributed by atoms with Gasteiger partial charge in [-0.25, -0.2) is 4.39 Å². The molecule has 3 heteroatoms. The quantitative estimate of drug-likeness (QED) is 0.812. The molecule has 1 aromatic carbocycles. The van der Waals surface area contributed by atoms with E-state index in [0.717, 1.165) is 12.0 Å². The molecule has 1 saturated carbocycles. The highest BCUT2D eigenvalue weighted by molar-refractivity contribution is 6.31. The molecule has 1 nitrogen and oxygen atoms in total. The van der Waals surface area contributed by atoms with Gasteiger partial charge in [0.1, 0.15) is 5.82 Å². The van der Waals surface area contributed by atoms with Crippen LogP contribution in [0, 0.1) is 24.1 Å². The Morgan fingerprint density at radius 3 is 2.68 bits per heavy atom. The van der Waals surface area contributed by atoms with E-state index in [9.17, 15) is 4.39 Å². The molecule has 0 spiro atoms. The normalized spacial score (nSPS) is 24.2. The Kier molecular flexibility index (Phi) is 4.22. The van der Waals surface area contributed by atoms with E-state index in [-0.39, 0.29) is 17.3 Å². The van der Waals surface area contributed by atoms with Crippen LogP contribution in [0.2, 0.25) is 5.02 Å². The molecule has 2 rings (SSSR count). The van der Waals surface area contributed by atoms with Gasteiger partial charge in [-0.2, -0.15) is 0 Å². The summed E-state index contributed by atoms with van der Waals surface area (Å²) in [4.78, 5) is 0. The molecule has 0 aromatic heterocycles. The zero-order valence-electron chi connectivity index (χ0n) is 12.0. The minimum atomic E-state index is -0.260. The molecule has 0 amide bonds. The van der Waals surface area contributed by atoms with E-state index in [1.165, 1.54) is 25.3 Å². The maximum atomic E-state index is 13.5. The highest BCUT2D eigenvalue weighted by Crippen LogP contribution is 2.47. The van der Waals surface area contributed by atoms with E-state index in [2.05, 4.69) is 13.8 Å². The molecular formula is C16H23ClFN. The first-order valence-electron chi connectivity index (χ1n) is 7.04. The minimum absolute atomic E-state index is 0.109. The number of rotatable bonds is 2. The van der Waals surface area contributed by atoms with Crippen LogP contribution in [0.5, 0.6) is 0 Å². The lowest BCUT2D eigenvalue weighted by Crippen LogP contribution is -2.36. The van der Waals surface area contributed by atoms with Crippen molar-refractivity contribution in [1.29, 1.82) is 0 Å². The molecule has 1 aliphatic rings. The zero-order valence-corrected chi connectivity index (χ0v) is 12.7. The van der Waals surface area contributed by atoms with Gasteiger partial charge < -0.3 is 5.73 Å². The van der Waals surface area contributed by atoms with Gasteiger partial charge in [0, 0.05) is 11.1 Å².